The molecule has 0 atom stereocenters. The van der Waals surface area contributed by atoms with Gasteiger partial charge in [-0.2, -0.15) is 0 Å². The molecule has 0 unspecified atom stereocenters. The van der Waals surface area contributed by atoms with E-state index >= 15 is 0 Å². The number of benzene rings is 2. The van der Waals surface area contributed by atoms with Gasteiger partial charge in [-0.3, -0.25) is 9.59 Å². The van der Waals surface area contributed by atoms with Crippen molar-refractivity contribution in [2.45, 2.75) is 46.3 Å². The van der Waals surface area contributed by atoms with E-state index in [1.54, 1.807) is 45.0 Å². The van der Waals surface area contributed by atoms with Crippen molar-refractivity contribution in [3.8, 4) is 0 Å². The van der Waals surface area contributed by atoms with Crippen LogP contribution in [0.15, 0.2) is 54.6 Å². The van der Waals surface area contributed by atoms with Crippen molar-refractivity contribution in [3.63, 3.8) is 0 Å². The first-order valence-corrected chi connectivity index (χ1v) is 10.5. The summed E-state index contributed by atoms with van der Waals surface area (Å²) >= 11 is 0. The van der Waals surface area contributed by atoms with Crippen LogP contribution in [0.2, 0.25) is 0 Å². The molecular weight excluding hydrogens is 406 g/mol. The first kappa shape index (κ1) is 24.7. The Labute approximate surface area is 189 Å². The molecule has 0 bridgehead atoms. The number of rotatable bonds is 8. The fourth-order valence-corrected chi connectivity index (χ4v) is 2.76. The topological polar surface area (TPSA) is 96.5 Å². The number of aryl methyl sites for hydroxylation is 1. The lowest BCUT2D eigenvalue weighted by Gasteiger charge is -2.19. The maximum absolute atomic E-state index is 12.1. The number of hydrogen-bond acceptors (Lipinski definition) is 4. The molecule has 3 amide bonds. The molecule has 0 radical (unpaired) electrons. The minimum Gasteiger partial charge on any atom is -0.444 e. The Morgan fingerprint density at radius 2 is 1.75 bits per heavy atom. The third kappa shape index (κ3) is 9.47. The van der Waals surface area contributed by atoms with E-state index in [4.69, 9.17) is 4.74 Å². The van der Waals surface area contributed by atoms with E-state index in [-0.39, 0.29) is 24.8 Å². The van der Waals surface area contributed by atoms with Gasteiger partial charge in [0.1, 0.15) is 5.60 Å². The van der Waals surface area contributed by atoms with E-state index in [1.807, 2.05) is 37.3 Å². The molecule has 0 spiro atoms. The number of carbonyl (C=O) groups excluding carboxylic acids is 3. The van der Waals surface area contributed by atoms with Crippen molar-refractivity contribution in [1.29, 1.82) is 0 Å². The van der Waals surface area contributed by atoms with Crippen LogP contribution in [0.4, 0.5) is 10.5 Å². The highest BCUT2D eigenvalue weighted by molar-refractivity contribution is 5.92. The van der Waals surface area contributed by atoms with Crippen LogP contribution in [0, 0.1) is 6.92 Å². The molecule has 2 aromatic rings. The summed E-state index contributed by atoms with van der Waals surface area (Å²) in [5, 5.41) is 8.17. The Kier molecular flexibility index (Phi) is 9.01. The zero-order valence-electron chi connectivity index (χ0n) is 19.0. The number of carbonyl (C=O) groups is 3. The van der Waals surface area contributed by atoms with E-state index in [2.05, 4.69) is 16.0 Å². The Bertz CT molecular complexity index is 977. The van der Waals surface area contributed by atoms with Crippen LogP contribution < -0.4 is 16.0 Å². The van der Waals surface area contributed by atoms with E-state index in [1.165, 1.54) is 6.08 Å². The van der Waals surface area contributed by atoms with Crippen LogP contribution in [0.5, 0.6) is 0 Å². The maximum Gasteiger partial charge on any atom is 0.407 e. The van der Waals surface area contributed by atoms with Crippen LogP contribution in [0.1, 0.15) is 43.9 Å². The van der Waals surface area contributed by atoms with E-state index in [9.17, 15) is 14.4 Å². The molecule has 0 saturated carbocycles. The fraction of sp³-hybridized carbons (Fsp3) is 0.320. The number of alkyl carbamates (subject to hydrolysis) is 1. The third-order valence-electron chi connectivity index (χ3n) is 4.30. The van der Waals surface area contributed by atoms with E-state index in [0.29, 0.717) is 12.2 Å². The molecule has 0 aromatic heterocycles. The predicted octanol–water partition coefficient (Wildman–Crippen LogP) is 4.18. The Morgan fingerprint density at radius 1 is 1.00 bits per heavy atom. The standard InChI is InChI=1S/C25H31N3O4/c1-18-8-5-6-10-20(18)12-13-22(29)27-17-19-9-7-11-21(16-19)28-23(30)14-15-26-24(31)32-25(2,3)4/h5-13,16H,14-15,17H2,1-4H3,(H,26,31)(H,27,29)(H,28,30)/b13-12+. The van der Waals surface area contributed by atoms with Crippen molar-refractivity contribution in [2.75, 3.05) is 11.9 Å². The Balaban J connectivity index is 1.78. The highest BCUT2D eigenvalue weighted by Crippen LogP contribution is 2.12. The SMILES string of the molecule is Cc1ccccc1/C=C/C(=O)NCc1cccc(NC(=O)CCNC(=O)OC(C)(C)C)c1. The van der Waals surface area contributed by atoms with Gasteiger partial charge in [0.05, 0.1) is 0 Å². The predicted molar refractivity (Wildman–Crippen MR) is 126 cm³/mol. The molecule has 7 heteroatoms. The van der Waals surface area contributed by atoms with Gasteiger partial charge in [-0.25, -0.2) is 4.79 Å². The fourth-order valence-electron chi connectivity index (χ4n) is 2.76. The van der Waals surface area contributed by atoms with E-state index < -0.39 is 11.7 Å². The quantitative estimate of drug-likeness (QED) is 0.540. The molecular formula is C25H31N3O4. The summed E-state index contributed by atoms with van der Waals surface area (Å²) in [5.41, 5.74) is 2.98. The highest BCUT2D eigenvalue weighted by atomic mass is 16.6. The zero-order valence-corrected chi connectivity index (χ0v) is 19.0. The summed E-state index contributed by atoms with van der Waals surface area (Å²) in [4.78, 5) is 35.8. The molecule has 0 aliphatic carbocycles. The summed E-state index contributed by atoms with van der Waals surface area (Å²) in [6.45, 7) is 7.81. The maximum atomic E-state index is 12.1. The van der Waals surface area contributed by atoms with Gasteiger partial charge >= 0.3 is 6.09 Å². The lowest BCUT2D eigenvalue weighted by molar-refractivity contribution is -0.117. The van der Waals surface area contributed by atoms with Crippen LogP contribution in [0.25, 0.3) is 6.08 Å². The molecule has 0 heterocycles. The first-order valence-electron chi connectivity index (χ1n) is 10.5. The van der Waals surface area contributed by atoms with Gasteiger partial charge in [0.2, 0.25) is 11.8 Å². The van der Waals surface area contributed by atoms with E-state index in [0.717, 1.165) is 16.7 Å². The average Bonchev–Trinajstić information content (AvgIpc) is 2.70. The number of hydrogen-bond donors (Lipinski definition) is 3. The Morgan fingerprint density at radius 3 is 2.47 bits per heavy atom. The minimum atomic E-state index is -0.585. The van der Waals surface area contributed by atoms with Gasteiger partial charge in [0, 0.05) is 31.3 Å². The normalized spacial score (nSPS) is 11.1. The van der Waals surface area contributed by atoms with Crippen molar-refractivity contribution >= 4 is 29.7 Å². The van der Waals surface area contributed by atoms with Crippen LogP contribution >= 0.6 is 0 Å². The molecule has 32 heavy (non-hydrogen) atoms. The van der Waals surface area contributed by atoms with Gasteiger partial charge in [-0.1, -0.05) is 36.4 Å². The molecule has 2 rings (SSSR count). The molecule has 7 nitrogen and oxygen atoms in total. The smallest absolute Gasteiger partial charge is 0.407 e. The number of nitrogens with one attached hydrogen (secondary N) is 3. The molecule has 0 saturated heterocycles. The summed E-state index contributed by atoms with van der Waals surface area (Å²) in [6, 6.07) is 15.1. The van der Waals surface area contributed by atoms with Gasteiger partial charge in [0.15, 0.2) is 0 Å². The minimum absolute atomic E-state index is 0.115. The summed E-state index contributed by atoms with van der Waals surface area (Å²) < 4.78 is 5.13. The van der Waals surface area contributed by atoms with Gasteiger partial charge in [0.25, 0.3) is 0 Å². The first-order chi connectivity index (χ1) is 15.1. The van der Waals surface area contributed by atoms with Gasteiger partial charge in [-0.15, -0.1) is 0 Å². The monoisotopic (exact) mass is 437 g/mol. The molecule has 3 N–H and O–H groups in total. The lowest BCUT2D eigenvalue weighted by Crippen LogP contribution is -2.34. The number of amides is 3. The second kappa shape index (κ2) is 11.7. The van der Waals surface area contributed by atoms with Gasteiger partial charge < -0.3 is 20.7 Å². The lowest BCUT2D eigenvalue weighted by atomic mass is 10.1. The number of anilines is 1. The largest absolute Gasteiger partial charge is 0.444 e. The highest BCUT2D eigenvalue weighted by Gasteiger charge is 2.15. The summed E-state index contributed by atoms with van der Waals surface area (Å²) in [7, 11) is 0. The molecule has 0 aliphatic heterocycles. The van der Waals surface area contributed by atoms with Crippen LogP contribution in [-0.2, 0) is 20.9 Å². The Hall–Kier alpha value is -3.61. The van der Waals surface area contributed by atoms with Crippen molar-refractivity contribution in [2.24, 2.45) is 0 Å². The molecule has 0 fully saturated rings. The van der Waals surface area contributed by atoms with Crippen molar-refractivity contribution in [3.05, 3.63) is 71.3 Å². The molecule has 0 aliphatic rings. The summed E-state index contributed by atoms with van der Waals surface area (Å²) in [5.74, 6) is -0.431. The van der Waals surface area contributed by atoms with Crippen LogP contribution in [-0.4, -0.2) is 30.1 Å². The molecule has 170 valence electrons. The summed E-state index contributed by atoms with van der Waals surface area (Å²) in [6.07, 6.45) is 2.85. The zero-order chi connectivity index (χ0) is 23.6. The van der Waals surface area contributed by atoms with Crippen LogP contribution in [0.3, 0.4) is 0 Å². The van der Waals surface area contributed by atoms with Crippen molar-refractivity contribution < 1.29 is 19.1 Å². The third-order valence-corrected chi connectivity index (χ3v) is 4.30. The molecule has 2 aromatic carbocycles. The second-order valence-electron chi connectivity index (χ2n) is 8.33. The number of ether oxygens (including phenoxy) is 1. The second-order valence-corrected chi connectivity index (χ2v) is 8.33. The average molecular weight is 438 g/mol. The van der Waals surface area contributed by atoms with Gasteiger partial charge in [-0.05, 0) is 62.6 Å². The van der Waals surface area contributed by atoms with Crippen molar-refractivity contribution in [1.82, 2.24) is 10.6 Å².